The van der Waals surface area contributed by atoms with Gasteiger partial charge in [-0.2, -0.15) is 0 Å². The number of carboxylic acids is 1. The first-order valence-corrected chi connectivity index (χ1v) is 6.59. The van der Waals surface area contributed by atoms with Crippen LogP contribution in [0.15, 0.2) is 0 Å². The zero-order chi connectivity index (χ0) is 14.4. The van der Waals surface area contributed by atoms with Crippen LogP contribution < -0.4 is 5.32 Å². The van der Waals surface area contributed by atoms with E-state index >= 15 is 0 Å². The summed E-state index contributed by atoms with van der Waals surface area (Å²) in [5.41, 5.74) is -0.0211. The summed E-state index contributed by atoms with van der Waals surface area (Å²) in [6, 6.07) is 0. The van der Waals surface area contributed by atoms with Gasteiger partial charge in [-0.15, -0.1) is 0 Å². The molecule has 0 aliphatic heterocycles. The van der Waals surface area contributed by atoms with Gasteiger partial charge in [-0.1, -0.05) is 20.8 Å². The Morgan fingerprint density at radius 2 is 1.78 bits per heavy atom. The molecule has 0 aliphatic carbocycles. The highest BCUT2D eigenvalue weighted by molar-refractivity contribution is 5.70. The minimum Gasteiger partial charge on any atom is -0.481 e. The molecule has 0 spiro atoms. The molecule has 0 rings (SSSR count). The Kier molecular flexibility index (Phi) is 6.86. The fourth-order valence-electron chi connectivity index (χ4n) is 1.31. The van der Waals surface area contributed by atoms with Crippen molar-refractivity contribution < 1.29 is 14.6 Å². The molecule has 0 aliphatic rings. The van der Waals surface area contributed by atoms with Crippen molar-refractivity contribution in [3.63, 3.8) is 0 Å². The molecule has 4 heteroatoms. The number of aliphatic carboxylic acids is 1. The second-order valence-corrected chi connectivity index (χ2v) is 6.97. The van der Waals surface area contributed by atoms with Crippen LogP contribution in [0.2, 0.25) is 0 Å². The number of hydrogen-bond donors (Lipinski definition) is 2. The lowest BCUT2D eigenvalue weighted by molar-refractivity contribution is -0.145. The monoisotopic (exact) mass is 259 g/mol. The molecule has 0 radical (unpaired) electrons. The van der Waals surface area contributed by atoms with Crippen LogP contribution in [0.3, 0.4) is 0 Å². The Morgan fingerprint density at radius 3 is 2.17 bits per heavy atom. The summed E-state index contributed by atoms with van der Waals surface area (Å²) in [5, 5.41) is 12.3. The van der Waals surface area contributed by atoms with E-state index < -0.39 is 11.9 Å². The van der Waals surface area contributed by atoms with Gasteiger partial charge in [0.05, 0.1) is 18.1 Å². The van der Waals surface area contributed by atoms with Gasteiger partial charge in [-0.05, 0) is 39.2 Å². The molecule has 0 aromatic heterocycles. The highest BCUT2D eigenvalue weighted by atomic mass is 16.5. The van der Waals surface area contributed by atoms with E-state index in [1.165, 1.54) is 0 Å². The Bertz CT molecular complexity index is 251. The first-order valence-electron chi connectivity index (χ1n) is 6.59. The summed E-state index contributed by atoms with van der Waals surface area (Å²) < 4.78 is 5.53. The zero-order valence-corrected chi connectivity index (χ0v) is 12.7. The minimum absolute atomic E-state index is 0.251. The van der Waals surface area contributed by atoms with E-state index in [1.54, 1.807) is 0 Å². The third-order valence-corrected chi connectivity index (χ3v) is 2.51. The van der Waals surface area contributed by atoms with E-state index in [9.17, 15) is 4.79 Å². The molecule has 1 atom stereocenters. The maximum Gasteiger partial charge on any atom is 0.310 e. The van der Waals surface area contributed by atoms with Crippen LogP contribution in [-0.2, 0) is 9.53 Å². The molecular formula is C14H29NO3. The van der Waals surface area contributed by atoms with E-state index in [-0.39, 0.29) is 17.6 Å². The van der Waals surface area contributed by atoms with Crippen LogP contribution in [-0.4, -0.2) is 36.4 Å². The fourth-order valence-corrected chi connectivity index (χ4v) is 1.31. The Labute approximate surface area is 111 Å². The third kappa shape index (κ3) is 10.5. The normalized spacial score (nSPS) is 14.6. The van der Waals surface area contributed by atoms with Crippen molar-refractivity contribution in [3.8, 4) is 0 Å². The molecule has 0 fully saturated rings. The van der Waals surface area contributed by atoms with Gasteiger partial charge in [0.15, 0.2) is 0 Å². The lowest BCUT2D eigenvalue weighted by Gasteiger charge is -2.23. The molecule has 2 N–H and O–H groups in total. The predicted octanol–water partition coefficient (Wildman–Crippen LogP) is 2.53. The summed E-state index contributed by atoms with van der Waals surface area (Å²) in [7, 11) is 0. The summed E-state index contributed by atoms with van der Waals surface area (Å²) >= 11 is 0. The van der Waals surface area contributed by atoms with Gasteiger partial charge in [-0.3, -0.25) is 4.79 Å². The molecule has 108 valence electrons. The summed E-state index contributed by atoms with van der Waals surface area (Å²) in [6.07, 6.45) is 1.03. The van der Waals surface area contributed by atoms with Crippen LogP contribution in [0.1, 0.15) is 48.0 Å². The van der Waals surface area contributed by atoms with Crippen molar-refractivity contribution >= 4 is 5.97 Å². The number of hydrogen-bond acceptors (Lipinski definition) is 3. The molecule has 0 aromatic rings. The molecule has 4 nitrogen and oxygen atoms in total. The lowest BCUT2D eigenvalue weighted by atomic mass is 9.92. The lowest BCUT2D eigenvalue weighted by Crippen LogP contribution is -2.35. The number of nitrogens with one attached hydrogen (secondary N) is 1. The molecule has 0 bridgehead atoms. The fraction of sp³-hybridized carbons (Fsp3) is 0.929. The van der Waals surface area contributed by atoms with Gasteiger partial charge in [-0.25, -0.2) is 0 Å². The Balaban J connectivity index is 3.96. The minimum atomic E-state index is -0.803. The predicted molar refractivity (Wildman–Crippen MR) is 73.8 cm³/mol. The molecular weight excluding hydrogens is 230 g/mol. The van der Waals surface area contributed by atoms with Crippen molar-refractivity contribution in [2.24, 2.45) is 11.3 Å². The van der Waals surface area contributed by atoms with Gasteiger partial charge >= 0.3 is 5.97 Å². The maximum absolute atomic E-state index is 11.1. The number of carboxylic acid groups (broad SMARTS) is 1. The summed E-state index contributed by atoms with van der Waals surface area (Å²) in [4.78, 5) is 11.1. The molecule has 0 saturated carbocycles. The van der Waals surface area contributed by atoms with Gasteiger partial charge < -0.3 is 15.2 Å². The number of carbonyl (C=O) groups is 1. The Hall–Kier alpha value is -0.610. The first kappa shape index (κ1) is 17.4. The quantitative estimate of drug-likeness (QED) is 0.690. The van der Waals surface area contributed by atoms with E-state index in [0.29, 0.717) is 6.54 Å². The molecule has 0 aromatic carbocycles. The largest absolute Gasteiger partial charge is 0.481 e. The first-order chi connectivity index (χ1) is 8.01. The highest BCUT2D eigenvalue weighted by Crippen LogP contribution is 2.17. The molecule has 18 heavy (non-hydrogen) atoms. The summed E-state index contributed by atoms with van der Waals surface area (Å²) in [6.45, 7) is 13.9. The van der Waals surface area contributed by atoms with Gasteiger partial charge in [0.2, 0.25) is 0 Å². The van der Waals surface area contributed by atoms with E-state index in [4.69, 9.17) is 9.84 Å². The van der Waals surface area contributed by atoms with Crippen molar-refractivity contribution in [1.82, 2.24) is 5.32 Å². The van der Waals surface area contributed by atoms with Crippen LogP contribution >= 0.6 is 0 Å². The average molecular weight is 259 g/mol. The van der Waals surface area contributed by atoms with Crippen molar-refractivity contribution in [2.45, 2.75) is 53.6 Å². The van der Waals surface area contributed by atoms with E-state index in [2.05, 4.69) is 26.1 Å². The third-order valence-electron chi connectivity index (χ3n) is 2.51. The van der Waals surface area contributed by atoms with Gasteiger partial charge in [0.25, 0.3) is 0 Å². The smallest absolute Gasteiger partial charge is 0.310 e. The van der Waals surface area contributed by atoms with Crippen molar-refractivity contribution in [1.29, 1.82) is 0 Å². The maximum atomic E-state index is 11.1. The number of ether oxygens (including phenoxy) is 1. The molecule has 0 saturated heterocycles. The SMILES string of the molecule is CC(C)(C)CCNC[C@@H](COC(C)(C)C)C(=O)O. The van der Waals surface area contributed by atoms with Crippen LogP contribution in [0.4, 0.5) is 0 Å². The number of rotatable bonds is 7. The average Bonchev–Trinajstić information content (AvgIpc) is 2.12. The van der Waals surface area contributed by atoms with Crippen LogP contribution in [0, 0.1) is 11.3 Å². The van der Waals surface area contributed by atoms with Gasteiger partial charge in [0.1, 0.15) is 0 Å². The second kappa shape index (κ2) is 7.10. The van der Waals surface area contributed by atoms with E-state index in [0.717, 1.165) is 13.0 Å². The van der Waals surface area contributed by atoms with E-state index in [1.807, 2.05) is 20.8 Å². The van der Waals surface area contributed by atoms with Gasteiger partial charge in [0, 0.05) is 6.54 Å². The van der Waals surface area contributed by atoms with Crippen LogP contribution in [0.25, 0.3) is 0 Å². The molecule has 0 heterocycles. The van der Waals surface area contributed by atoms with Crippen molar-refractivity contribution in [2.75, 3.05) is 19.7 Å². The van der Waals surface area contributed by atoms with Crippen LogP contribution in [0.5, 0.6) is 0 Å². The standard InChI is InChI=1S/C14H29NO3/c1-13(2,3)7-8-15-9-11(12(16)17)10-18-14(4,5)6/h11,15H,7-10H2,1-6H3,(H,16,17)/t11-/m0/s1. The molecule has 0 amide bonds. The van der Waals surface area contributed by atoms with Crippen molar-refractivity contribution in [3.05, 3.63) is 0 Å². The molecule has 0 unspecified atom stereocenters. The topological polar surface area (TPSA) is 58.6 Å². The summed E-state index contributed by atoms with van der Waals surface area (Å²) in [5.74, 6) is -1.29. The highest BCUT2D eigenvalue weighted by Gasteiger charge is 2.21. The zero-order valence-electron chi connectivity index (χ0n) is 12.7. The second-order valence-electron chi connectivity index (χ2n) is 6.97. The Morgan fingerprint density at radius 1 is 1.22 bits per heavy atom.